The van der Waals surface area contributed by atoms with Crippen LogP contribution in [-0.2, 0) is 38.1 Å². The van der Waals surface area contributed by atoms with E-state index in [2.05, 4.69) is 4.74 Å². The summed E-state index contributed by atoms with van der Waals surface area (Å²) in [5, 5.41) is 0. The molecule has 1 aliphatic carbocycles. The van der Waals surface area contributed by atoms with E-state index in [9.17, 15) is 28.4 Å². The smallest absolute Gasteiger partial charge is 0.410 e. The second-order valence-corrected chi connectivity index (χ2v) is 12.6. The van der Waals surface area contributed by atoms with Crippen LogP contribution < -0.4 is 0 Å². The third kappa shape index (κ3) is 13.8. The van der Waals surface area contributed by atoms with Gasteiger partial charge in [0.1, 0.15) is 23.4 Å². The van der Waals surface area contributed by atoms with E-state index in [1.165, 1.54) is 40.0 Å². The molecule has 0 aromatic carbocycles. The van der Waals surface area contributed by atoms with Gasteiger partial charge in [-0.1, -0.05) is 38.3 Å². The summed E-state index contributed by atoms with van der Waals surface area (Å²) in [5.41, 5.74) is -1.89. The van der Waals surface area contributed by atoms with Crippen molar-refractivity contribution in [3.05, 3.63) is 11.6 Å². The number of nitrogens with zero attached hydrogens (tertiary/aromatic N) is 2. The van der Waals surface area contributed by atoms with Crippen molar-refractivity contribution in [1.82, 2.24) is 9.80 Å². The van der Waals surface area contributed by atoms with Crippen LogP contribution in [0.2, 0.25) is 0 Å². The average molecular weight is 615 g/mol. The lowest BCUT2D eigenvalue weighted by atomic mass is 9.99. The molecule has 0 aliphatic heterocycles. The molecule has 12 heteroatoms. The first-order chi connectivity index (χ1) is 19.8. The first-order valence-corrected chi connectivity index (χ1v) is 14.9. The molecule has 0 N–H and O–H groups in total. The molecule has 11 nitrogen and oxygen atoms in total. The number of carbonyl (C=O) groups is 5. The lowest BCUT2D eigenvalue weighted by Crippen LogP contribution is -2.52. The highest BCUT2D eigenvalue weighted by atomic mass is 19.1. The van der Waals surface area contributed by atoms with Gasteiger partial charge in [0.2, 0.25) is 0 Å². The Labute approximate surface area is 255 Å². The van der Waals surface area contributed by atoms with Gasteiger partial charge in [-0.2, -0.15) is 0 Å². The molecule has 1 rings (SSSR count). The van der Waals surface area contributed by atoms with Gasteiger partial charge >= 0.3 is 24.0 Å². The number of carbonyl (C=O) groups excluding carboxylic acids is 5. The Morgan fingerprint density at radius 1 is 0.953 bits per heavy atom. The van der Waals surface area contributed by atoms with Crippen LogP contribution in [0.5, 0.6) is 0 Å². The Balaban J connectivity index is 3.38. The molecule has 2 amide bonds. The number of rotatable bonds is 16. The van der Waals surface area contributed by atoms with Crippen LogP contribution >= 0.6 is 0 Å². The van der Waals surface area contributed by atoms with Crippen LogP contribution in [-0.4, -0.2) is 97.0 Å². The van der Waals surface area contributed by atoms with Gasteiger partial charge in [0, 0.05) is 26.9 Å². The largest absolute Gasteiger partial charge is 0.466 e. The molecule has 1 saturated carbocycles. The van der Waals surface area contributed by atoms with E-state index in [0.717, 1.165) is 23.3 Å². The van der Waals surface area contributed by atoms with Crippen molar-refractivity contribution in [2.75, 3.05) is 27.8 Å². The van der Waals surface area contributed by atoms with Gasteiger partial charge in [-0.15, -0.1) is 0 Å². The lowest BCUT2D eigenvalue weighted by molar-refractivity contribution is -0.169. The molecular weight excluding hydrogens is 563 g/mol. The molecule has 0 aromatic rings. The van der Waals surface area contributed by atoms with E-state index in [-0.39, 0.29) is 12.3 Å². The van der Waals surface area contributed by atoms with Crippen molar-refractivity contribution in [2.24, 2.45) is 5.92 Å². The summed E-state index contributed by atoms with van der Waals surface area (Å²) in [6.07, 6.45) is 2.67. The minimum atomic E-state index is -1.87. The minimum absolute atomic E-state index is 0.0362. The molecule has 1 aliphatic rings. The molecule has 0 aromatic heterocycles. The number of esters is 3. The zero-order valence-electron chi connectivity index (χ0n) is 27.5. The van der Waals surface area contributed by atoms with Crippen LogP contribution in [0.1, 0.15) is 93.4 Å². The minimum Gasteiger partial charge on any atom is -0.466 e. The van der Waals surface area contributed by atoms with Crippen molar-refractivity contribution >= 4 is 29.9 Å². The second kappa shape index (κ2) is 16.6. The fraction of sp³-hybridized carbons (Fsp3) is 0.774. The van der Waals surface area contributed by atoms with Gasteiger partial charge in [-0.25, -0.2) is 23.6 Å². The standard InChI is InChI=1S/C31H51FN2O9/c1-11-13-20(12-2)17-24(26(36)33(8)22(16-21-14-15-21)27(37)41-19-25(35)40-10)42-28(38)23(18-31(6,7)32)34(9)29(39)43-30(3,4)5/h13,21-24H,11-12,14-19H2,1-10H3/b20-13+/t22-,23-,24+/m0/s1. The van der Waals surface area contributed by atoms with Crippen LogP contribution in [0.4, 0.5) is 9.18 Å². The van der Waals surface area contributed by atoms with Gasteiger partial charge in [0.15, 0.2) is 12.7 Å². The second-order valence-electron chi connectivity index (χ2n) is 12.6. The Morgan fingerprint density at radius 3 is 2.02 bits per heavy atom. The van der Waals surface area contributed by atoms with Crippen LogP contribution in [0, 0.1) is 5.92 Å². The zero-order valence-corrected chi connectivity index (χ0v) is 27.5. The number of halogens is 1. The number of allylic oxidation sites excluding steroid dienone is 1. The predicted octanol–water partition coefficient (Wildman–Crippen LogP) is 4.75. The van der Waals surface area contributed by atoms with Crippen molar-refractivity contribution in [3.8, 4) is 0 Å². The van der Waals surface area contributed by atoms with E-state index in [0.29, 0.717) is 19.3 Å². The van der Waals surface area contributed by atoms with E-state index >= 15 is 0 Å². The van der Waals surface area contributed by atoms with Crippen LogP contribution in [0.15, 0.2) is 11.6 Å². The maximum absolute atomic E-state index is 14.9. The molecule has 43 heavy (non-hydrogen) atoms. The first-order valence-electron chi connectivity index (χ1n) is 14.9. The summed E-state index contributed by atoms with van der Waals surface area (Å²) in [4.78, 5) is 67.1. The Kier molecular flexibility index (Phi) is 14.6. The van der Waals surface area contributed by atoms with Crippen molar-refractivity contribution in [1.29, 1.82) is 0 Å². The molecule has 0 radical (unpaired) electrons. The molecule has 0 unspecified atom stereocenters. The third-order valence-corrected chi connectivity index (χ3v) is 6.93. The molecule has 0 heterocycles. The fourth-order valence-corrected chi connectivity index (χ4v) is 4.34. The monoisotopic (exact) mass is 614 g/mol. The molecular formula is C31H51FN2O9. The van der Waals surface area contributed by atoms with E-state index in [1.54, 1.807) is 20.8 Å². The molecule has 3 atom stereocenters. The van der Waals surface area contributed by atoms with Crippen LogP contribution in [0.3, 0.4) is 0 Å². The SMILES string of the molecule is CC/C=C(\CC)C[C@@H](OC(=O)[C@H](CC(C)(C)F)N(C)C(=O)OC(C)(C)C)C(=O)N(C)[C@@H](CC1CC1)C(=O)OCC(=O)OC. The lowest BCUT2D eigenvalue weighted by Gasteiger charge is -2.34. The van der Waals surface area contributed by atoms with Crippen molar-refractivity contribution < 1.29 is 47.3 Å². The van der Waals surface area contributed by atoms with Gasteiger partial charge < -0.3 is 23.8 Å². The summed E-state index contributed by atoms with van der Waals surface area (Å²) in [6, 6.07) is -2.43. The summed E-state index contributed by atoms with van der Waals surface area (Å²) >= 11 is 0. The quantitative estimate of drug-likeness (QED) is 0.137. The summed E-state index contributed by atoms with van der Waals surface area (Å²) < 4.78 is 35.7. The summed E-state index contributed by atoms with van der Waals surface area (Å²) in [5.74, 6) is -2.96. The highest BCUT2D eigenvalue weighted by Gasteiger charge is 2.41. The number of methoxy groups -OCH3 is 1. The van der Waals surface area contributed by atoms with Gasteiger partial charge in [-0.3, -0.25) is 9.69 Å². The molecule has 0 bridgehead atoms. The average Bonchev–Trinajstić information content (AvgIpc) is 3.73. The number of amides is 2. The third-order valence-electron chi connectivity index (χ3n) is 6.93. The summed E-state index contributed by atoms with van der Waals surface area (Å²) in [7, 11) is 3.89. The maximum Gasteiger partial charge on any atom is 0.410 e. The Hall–Kier alpha value is -3.18. The van der Waals surface area contributed by atoms with Crippen LogP contribution in [0.25, 0.3) is 0 Å². The van der Waals surface area contributed by atoms with Gasteiger partial charge in [0.25, 0.3) is 5.91 Å². The zero-order chi connectivity index (χ0) is 33.1. The van der Waals surface area contributed by atoms with Gasteiger partial charge in [-0.05, 0) is 59.8 Å². The Morgan fingerprint density at radius 2 is 1.56 bits per heavy atom. The van der Waals surface area contributed by atoms with Gasteiger partial charge in [0.05, 0.1) is 7.11 Å². The van der Waals surface area contributed by atoms with E-state index in [1.807, 2.05) is 19.9 Å². The Bertz CT molecular complexity index is 1010. The normalized spacial score (nSPS) is 15.9. The highest BCUT2D eigenvalue weighted by Crippen LogP contribution is 2.35. The number of hydrogen-bond acceptors (Lipinski definition) is 9. The number of alkyl halides is 1. The van der Waals surface area contributed by atoms with E-state index < -0.39 is 72.4 Å². The molecule has 1 fully saturated rings. The first kappa shape index (κ1) is 37.8. The predicted molar refractivity (Wildman–Crippen MR) is 158 cm³/mol. The topological polar surface area (TPSA) is 129 Å². The van der Waals surface area contributed by atoms with E-state index in [4.69, 9.17) is 14.2 Å². The van der Waals surface area contributed by atoms with Crippen molar-refractivity contribution in [3.63, 3.8) is 0 Å². The molecule has 0 saturated heterocycles. The van der Waals surface area contributed by atoms with Crippen molar-refractivity contribution in [2.45, 2.75) is 123 Å². The molecule has 0 spiro atoms. The molecule has 246 valence electrons. The number of likely N-dealkylation sites (N-methyl/N-ethyl adjacent to an activating group) is 2. The highest BCUT2D eigenvalue weighted by molar-refractivity contribution is 5.90. The number of ether oxygens (including phenoxy) is 4. The maximum atomic E-state index is 14.9. The number of hydrogen-bond donors (Lipinski definition) is 0. The fourth-order valence-electron chi connectivity index (χ4n) is 4.34. The summed E-state index contributed by atoms with van der Waals surface area (Å²) in [6.45, 7) is 10.8.